The molecule has 0 saturated carbocycles. The van der Waals surface area contributed by atoms with Crippen LogP contribution in [0.5, 0.6) is 0 Å². The van der Waals surface area contributed by atoms with Crippen molar-refractivity contribution in [2.75, 3.05) is 0 Å². The molecule has 1 atom stereocenters. The van der Waals surface area contributed by atoms with Crippen molar-refractivity contribution in [2.45, 2.75) is 18.7 Å². The third-order valence-corrected chi connectivity index (χ3v) is 2.08. The van der Waals surface area contributed by atoms with Gasteiger partial charge in [0.1, 0.15) is 5.82 Å². The summed E-state index contributed by atoms with van der Waals surface area (Å²) in [5.41, 5.74) is 0.131. The first-order valence-electron chi connectivity index (χ1n) is 3.99. The summed E-state index contributed by atoms with van der Waals surface area (Å²) in [5.74, 6) is -0.707. The first-order valence-corrected chi connectivity index (χ1v) is 4.37. The third kappa shape index (κ3) is 3.35. The van der Waals surface area contributed by atoms with Crippen molar-refractivity contribution >= 4 is 11.6 Å². The maximum atomic E-state index is 12.7. The first-order chi connectivity index (χ1) is 6.80. The van der Waals surface area contributed by atoms with Crippen LogP contribution in [0, 0.1) is 5.82 Å². The molecule has 0 aliphatic rings. The molecule has 0 heterocycles. The standard InChI is InChI=1S/C9H7ClF4O/c10-6-3-5(1-2-7(6)11)4-8(15)9(12,13)14/h1-3,8,15H,4H2/t8-/m0/s1. The van der Waals surface area contributed by atoms with Crippen LogP contribution >= 0.6 is 11.6 Å². The lowest BCUT2D eigenvalue weighted by Gasteiger charge is -2.14. The lowest BCUT2D eigenvalue weighted by Crippen LogP contribution is -2.30. The van der Waals surface area contributed by atoms with Crippen LogP contribution in [0.3, 0.4) is 0 Å². The predicted molar refractivity (Wildman–Crippen MR) is 47.2 cm³/mol. The average molecular weight is 243 g/mol. The van der Waals surface area contributed by atoms with Crippen molar-refractivity contribution in [3.63, 3.8) is 0 Å². The Morgan fingerprint density at radius 3 is 2.40 bits per heavy atom. The quantitative estimate of drug-likeness (QED) is 0.791. The minimum atomic E-state index is -4.68. The Labute approximate surface area is 88.3 Å². The molecule has 1 nitrogen and oxygen atoms in total. The minimum Gasteiger partial charge on any atom is -0.383 e. The second kappa shape index (κ2) is 4.37. The van der Waals surface area contributed by atoms with Crippen molar-refractivity contribution in [3.8, 4) is 0 Å². The van der Waals surface area contributed by atoms with E-state index < -0.39 is 24.5 Å². The van der Waals surface area contributed by atoms with E-state index in [0.717, 1.165) is 18.2 Å². The summed E-state index contributed by atoms with van der Waals surface area (Å²) >= 11 is 5.37. The predicted octanol–water partition coefficient (Wildman–Crippen LogP) is 2.94. The molecular weight excluding hydrogens is 236 g/mol. The molecule has 0 unspecified atom stereocenters. The summed E-state index contributed by atoms with van der Waals surface area (Å²) in [6.07, 6.45) is -7.77. The molecule has 0 fully saturated rings. The molecule has 6 heteroatoms. The summed E-state index contributed by atoms with van der Waals surface area (Å²) in [6, 6.07) is 3.17. The molecule has 84 valence electrons. The molecule has 1 rings (SSSR count). The average Bonchev–Trinajstić information content (AvgIpc) is 2.10. The van der Waals surface area contributed by atoms with Gasteiger partial charge in [-0.25, -0.2) is 4.39 Å². The third-order valence-electron chi connectivity index (χ3n) is 1.79. The fourth-order valence-electron chi connectivity index (χ4n) is 1.01. The van der Waals surface area contributed by atoms with E-state index >= 15 is 0 Å². The van der Waals surface area contributed by atoms with E-state index in [0.29, 0.717) is 0 Å². The molecule has 1 aromatic rings. The van der Waals surface area contributed by atoms with Gasteiger partial charge in [-0.15, -0.1) is 0 Å². The van der Waals surface area contributed by atoms with E-state index in [2.05, 4.69) is 0 Å². The molecule has 0 saturated heterocycles. The molecular formula is C9H7ClF4O. The van der Waals surface area contributed by atoms with E-state index in [1.807, 2.05) is 0 Å². The second-order valence-electron chi connectivity index (χ2n) is 3.01. The zero-order valence-electron chi connectivity index (χ0n) is 7.35. The monoisotopic (exact) mass is 242 g/mol. The zero-order chi connectivity index (χ0) is 11.6. The van der Waals surface area contributed by atoms with E-state index in [1.165, 1.54) is 0 Å². The van der Waals surface area contributed by atoms with E-state index in [-0.39, 0.29) is 10.6 Å². The Morgan fingerprint density at radius 1 is 1.33 bits per heavy atom. The van der Waals surface area contributed by atoms with Crippen LogP contribution in [0.15, 0.2) is 18.2 Å². The Kier molecular flexibility index (Phi) is 3.57. The number of alkyl halides is 3. The summed E-state index contributed by atoms with van der Waals surface area (Å²) in [6.45, 7) is 0. The number of aliphatic hydroxyl groups is 1. The molecule has 0 aliphatic carbocycles. The molecule has 1 N–H and O–H groups in total. The smallest absolute Gasteiger partial charge is 0.383 e. The van der Waals surface area contributed by atoms with Gasteiger partial charge in [-0.2, -0.15) is 13.2 Å². The Balaban J connectivity index is 2.78. The zero-order valence-corrected chi connectivity index (χ0v) is 8.11. The Bertz CT molecular complexity index is 350. The highest BCUT2D eigenvalue weighted by Gasteiger charge is 2.37. The highest BCUT2D eigenvalue weighted by molar-refractivity contribution is 6.30. The van der Waals surface area contributed by atoms with E-state index in [1.54, 1.807) is 0 Å². The van der Waals surface area contributed by atoms with Gasteiger partial charge in [-0.3, -0.25) is 0 Å². The summed E-state index contributed by atoms with van der Waals surface area (Å²) < 4.78 is 48.5. The number of benzene rings is 1. The van der Waals surface area contributed by atoms with Crippen molar-refractivity contribution in [2.24, 2.45) is 0 Å². The highest BCUT2D eigenvalue weighted by Crippen LogP contribution is 2.24. The minimum absolute atomic E-state index is 0.131. The van der Waals surface area contributed by atoms with Crippen LogP contribution in [-0.4, -0.2) is 17.4 Å². The van der Waals surface area contributed by atoms with E-state index in [9.17, 15) is 17.6 Å². The maximum Gasteiger partial charge on any atom is 0.414 e. The molecule has 15 heavy (non-hydrogen) atoms. The fraction of sp³-hybridized carbons (Fsp3) is 0.333. The van der Waals surface area contributed by atoms with Crippen LogP contribution in [0.2, 0.25) is 5.02 Å². The van der Waals surface area contributed by atoms with Gasteiger partial charge < -0.3 is 5.11 Å². The fourth-order valence-corrected chi connectivity index (χ4v) is 1.21. The molecule has 0 spiro atoms. The Hall–Kier alpha value is -0.810. The van der Waals surface area contributed by atoms with Gasteiger partial charge in [-0.05, 0) is 17.7 Å². The number of rotatable bonds is 2. The van der Waals surface area contributed by atoms with Gasteiger partial charge in [0.05, 0.1) is 5.02 Å². The first kappa shape index (κ1) is 12.3. The number of hydrogen-bond acceptors (Lipinski definition) is 1. The summed E-state index contributed by atoms with van der Waals surface area (Å²) in [4.78, 5) is 0. The van der Waals surface area contributed by atoms with E-state index in [4.69, 9.17) is 16.7 Å². The van der Waals surface area contributed by atoms with Gasteiger partial charge in [-0.1, -0.05) is 17.7 Å². The number of hydrogen-bond donors (Lipinski definition) is 1. The van der Waals surface area contributed by atoms with Crippen LogP contribution in [0.4, 0.5) is 17.6 Å². The molecule has 0 amide bonds. The van der Waals surface area contributed by atoms with Gasteiger partial charge in [0.25, 0.3) is 0 Å². The number of aliphatic hydroxyl groups excluding tert-OH is 1. The van der Waals surface area contributed by atoms with Crippen molar-refractivity contribution in [1.82, 2.24) is 0 Å². The van der Waals surface area contributed by atoms with Gasteiger partial charge in [0.2, 0.25) is 0 Å². The molecule has 1 aromatic carbocycles. The SMILES string of the molecule is O[C@@H](Cc1ccc(F)c(Cl)c1)C(F)(F)F. The largest absolute Gasteiger partial charge is 0.414 e. The lowest BCUT2D eigenvalue weighted by atomic mass is 10.1. The Morgan fingerprint density at radius 2 is 1.93 bits per heavy atom. The maximum absolute atomic E-state index is 12.7. The summed E-state index contributed by atoms with van der Waals surface area (Å²) in [7, 11) is 0. The normalized spacial score (nSPS) is 14.0. The lowest BCUT2D eigenvalue weighted by molar-refractivity contribution is -0.203. The van der Waals surface area contributed by atoms with Crippen molar-refractivity contribution in [1.29, 1.82) is 0 Å². The molecule has 0 aromatic heterocycles. The van der Waals surface area contributed by atoms with Crippen LogP contribution in [-0.2, 0) is 6.42 Å². The van der Waals surface area contributed by atoms with Gasteiger partial charge in [0, 0.05) is 6.42 Å². The van der Waals surface area contributed by atoms with Crippen molar-refractivity contribution < 1.29 is 22.7 Å². The van der Waals surface area contributed by atoms with Gasteiger partial charge >= 0.3 is 6.18 Å². The van der Waals surface area contributed by atoms with Crippen LogP contribution in [0.1, 0.15) is 5.56 Å². The van der Waals surface area contributed by atoms with Crippen molar-refractivity contribution in [3.05, 3.63) is 34.6 Å². The van der Waals surface area contributed by atoms with Crippen LogP contribution < -0.4 is 0 Å². The molecule has 0 bridgehead atoms. The molecule has 0 radical (unpaired) electrons. The van der Waals surface area contributed by atoms with Gasteiger partial charge in [0.15, 0.2) is 6.10 Å². The summed E-state index contributed by atoms with van der Waals surface area (Å²) in [5, 5.41) is 8.48. The second-order valence-corrected chi connectivity index (χ2v) is 3.42. The van der Waals surface area contributed by atoms with Crippen LogP contribution in [0.25, 0.3) is 0 Å². The number of halogens is 5. The topological polar surface area (TPSA) is 20.2 Å². The highest BCUT2D eigenvalue weighted by atomic mass is 35.5. The molecule has 0 aliphatic heterocycles.